The van der Waals surface area contributed by atoms with Gasteiger partial charge in [0.15, 0.2) is 0 Å². The topological polar surface area (TPSA) is 95.4 Å². The van der Waals surface area contributed by atoms with Crippen molar-refractivity contribution in [1.82, 2.24) is 14.9 Å². The third-order valence-corrected chi connectivity index (χ3v) is 5.18. The van der Waals surface area contributed by atoms with E-state index in [-0.39, 0.29) is 16.9 Å². The first-order valence-corrected chi connectivity index (χ1v) is 9.39. The molecule has 0 saturated carbocycles. The van der Waals surface area contributed by atoms with Gasteiger partial charge in [0.05, 0.1) is 22.2 Å². The van der Waals surface area contributed by atoms with Crippen molar-refractivity contribution in [2.75, 3.05) is 31.1 Å². The fraction of sp³-hybridized carbons (Fsp3) is 0.300. The molecule has 9 heteroatoms. The zero-order valence-electron chi connectivity index (χ0n) is 15.7. The predicted molar refractivity (Wildman–Crippen MR) is 108 cm³/mol. The highest BCUT2D eigenvalue weighted by molar-refractivity contribution is 5.87. The van der Waals surface area contributed by atoms with Gasteiger partial charge in [0.25, 0.3) is 11.2 Å². The highest BCUT2D eigenvalue weighted by Gasteiger charge is 2.24. The minimum Gasteiger partial charge on any atom is -0.365 e. The van der Waals surface area contributed by atoms with Crippen molar-refractivity contribution in [2.24, 2.45) is 0 Å². The van der Waals surface area contributed by atoms with E-state index in [9.17, 15) is 19.3 Å². The number of nitro benzene ring substituents is 1. The quantitative estimate of drug-likeness (QED) is 0.537. The van der Waals surface area contributed by atoms with Gasteiger partial charge in [0, 0.05) is 38.8 Å². The molecule has 1 N–H and O–H groups in total. The highest BCUT2D eigenvalue weighted by atomic mass is 19.1. The molecule has 29 heavy (non-hydrogen) atoms. The molecule has 0 aliphatic carbocycles. The van der Waals surface area contributed by atoms with E-state index in [1.165, 1.54) is 24.5 Å². The van der Waals surface area contributed by atoms with E-state index in [2.05, 4.69) is 14.9 Å². The number of fused-ring (bicyclic) bond motifs is 1. The lowest BCUT2D eigenvalue weighted by Gasteiger charge is -2.23. The van der Waals surface area contributed by atoms with Crippen LogP contribution in [0.3, 0.4) is 0 Å². The molecule has 1 aromatic heterocycles. The number of nitrogens with one attached hydrogen (secondary N) is 1. The normalized spacial score (nSPS) is 15.4. The summed E-state index contributed by atoms with van der Waals surface area (Å²) in [7, 11) is 0. The summed E-state index contributed by atoms with van der Waals surface area (Å²) in [6.45, 7) is 3.53. The molecule has 0 atom stereocenters. The van der Waals surface area contributed by atoms with Crippen molar-refractivity contribution >= 4 is 22.3 Å². The van der Waals surface area contributed by atoms with E-state index >= 15 is 0 Å². The molecule has 0 bridgehead atoms. The van der Waals surface area contributed by atoms with Crippen LogP contribution in [-0.4, -0.2) is 46.0 Å². The van der Waals surface area contributed by atoms with E-state index < -0.39 is 10.5 Å². The van der Waals surface area contributed by atoms with Crippen LogP contribution < -0.4 is 10.5 Å². The number of H-pyrrole nitrogens is 1. The van der Waals surface area contributed by atoms with Crippen LogP contribution in [0.1, 0.15) is 12.0 Å². The molecule has 8 nitrogen and oxygen atoms in total. The third kappa shape index (κ3) is 4.09. The van der Waals surface area contributed by atoms with Gasteiger partial charge in [-0.2, -0.15) is 0 Å². The maximum Gasteiger partial charge on any atom is 0.293 e. The number of aromatic nitrogens is 2. The van der Waals surface area contributed by atoms with Gasteiger partial charge < -0.3 is 9.88 Å². The molecule has 3 aromatic rings. The van der Waals surface area contributed by atoms with Crippen LogP contribution in [0.2, 0.25) is 0 Å². The average molecular weight is 397 g/mol. The summed E-state index contributed by atoms with van der Waals surface area (Å²) >= 11 is 0. The maximum absolute atomic E-state index is 13.1. The van der Waals surface area contributed by atoms with Gasteiger partial charge in [-0.15, -0.1) is 0 Å². The second kappa shape index (κ2) is 7.96. The lowest BCUT2D eigenvalue weighted by molar-refractivity contribution is -0.384. The first kappa shape index (κ1) is 19.0. The molecule has 1 fully saturated rings. The standard InChI is InChI=1S/C20H20FN5O3/c21-15-4-2-14(3-5-15)12-24-6-1-7-25(9-8-24)18-11-17-16(10-19(18)26(28)29)20(27)23-13-22-17/h2-5,10-11,13H,1,6-9,12H2,(H,22,23,27). The molecular weight excluding hydrogens is 377 g/mol. The van der Waals surface area contributed by atoms with E-state index in [0.717, 1.165) is 25.1 Å². The Morgan fingerprint density at radius 2 is 1.93 bits per heavy atom. The van der Waals surface area contributed by atoms with Crippen molar-refractivity contribution < 1.29 is 9.31 Å². The van der Waals surface area contributed by atoms with Crippen molar-refractivity contribution in [2.45, 2.75) is 13.0 Å². The number of nitrogens with zero attached hydrogens (tertiary/aromatic N) is 4. The summed E-state index contributed by atoms with van der Waals surface area (Å²) in [6, 6.07) is 9.37. The fourth-order valence-corrected chi connectivity index (χ4v) is 3.71. The van der Waals surface area contributed by atoms with Crippen molar-refractivity contribution in [3.05, 3.63) is 74.6 Å². The van der Waals surface area contributed by atoms with Crippen LogP contribution in [0.25, 0.3) is 10.9 Å². The second-order valence-corrected chi connectivity index (χ2v) is 7.09. The highest BCUT2D eigenvalue weighted by Crippen LogP contribution is 2.32. The Kier molecular flexibility index (Phi) is 5.22. The zero-order chi connectivity index (χ0) is 20.4. The Labute approximate surface area is 165 Å². The van der Waals surface area contributed by atoms with Crippen LogP contribution in [0, 0.1) is 15.9 Å². The monoisotopic (exact) mass is 397 g/mol. The van der Waals surface area contributed by atoms with E-state index in [4.69, 9.17) is 0 Å². The number of nitro groups is 1. The summed E-state index contributed by atoms with van der Waals surface area (Å²) in [5, 5.41) is 11.8. The molecule has 1 aliphatic heterocycles. The Balaban J connectivity index is 1.58. The summed E-state index contributed by atoms with van der Waals surface area (Å²) in [5.74, 6) is -0.258. The Morgan fingerprint density at radius 3 is 2.69 bits per heavy atom. The van der Waals surface area contributed by atoms with Gasteiger partial charge in [-0.1, -0.05) is 12.1 Å². The molecule has 0 spiro atoms. The van der Waals surface area contributed by atoms with E-state index in [0.29, 0.717) is 30.8 Å². The molecule has 1 aliphatic rings. The number of rotatable bonds is 4. The van der Waals surface area contributed by atoms with Crippen LogP contribution in [0.5, 0.6) is 0 Å². The number of benzene rings is 2. The van der Waals surface area contributed by atoms with Gasteiger partial charge in [-0.3, -0.25) is 19.8 Å². The summed E-state index contributed by atoms with van der Waals surface area (Å²) < 4.78 is 13.1. The van der Waals surface area contributed by atoms with E-state index in [1.807, 2.05) is 4.90 Å². The minimum absolute atomic E-state index is 0.0945. The number of anilines is 1. The summed E-state index contributed by atoms with van der Waals surface area (Å²) in [5.41, 5.74) is 1.44. The van der Waals surface area contributed by atoms with Gasteiger partial charge >= 0.3 is 0 Å². The van der Waals surface area contributed by atoms with Crippen molar-refractivity contribution in [1.29, 1.82) is 0 Å². The van der Waals surface area contributed by atoms with Crippen molar-refractivity contribution in [3.8, 4) is 0 Å². The largest absolute Gasteiger partial charge is 0.365 e. The number of hydrogen-bond donors (Lipinski definition) is 1. The van der Waals surface area contributed by atoms with Crippen LogP contribution in [0.15, 0.2) is 47.5 Å². The lowest BCUT2D eigenvalue weighted by Crippen LogP contribution is -2.31. The zero-order valence-corrected chi connectivity index (χ0v) is 15.7. The first-order chi connectivity index (χ1) is 14.0. The first-order valence-electron chi connectivity index (χ1n) is 9.39. The molecule has 2 aromatic carbocycles. The Hall–Kier alpha value is -3.33. The maximum atomic E-state index is 13.1. The lowest BCUT2D eigenvalue weighted by atomic mass is 10.1. The van der Waals surface area contributed by atoms with Gasteiger partial charge in [0.1, 0.15) is 11.5 Å². The molecule has 4 rings (SSSR count). The molecule has 150 valence electrons. The Morgan fingerprint density at radius 1 is 1.14 bits per heavy atom. The summed E-state index contributed by atoms with van der Waals surface area (Å²) in [4.78, 5) is 34.0. The predicted octanol–water partition coefficient (Wildman–Crippen LogP) is 2.68. The SMILES string of the molecule is O=c1[nH]cnc2cc(N3CCCN(Cc4ccc(F)cc4)CC3)c([N+](=O)[O-])cc12. The molecule has 2 heterocycles. The Bertz CT molecular complexity index is 1100. The second-order valence-electron chi connectivity index (χ2n) is 7.09. The molecule has 1 saturated heterocycles. The van der Waals surface area contributed by atoms with Gasteiger partial charge in [-0.05, 0) is 30.2 Å². The third-order valence-electron chi connectivity index (χ3n) is 5.18. The molecule has 0 unspecified atom stereocenters. The summed E-state index contributed by atoms with van der Waals surface area (Å²) in [6.07, 6.45) is 2.13. The fourth-order valence-electron chi connectivity index (χ4n) is 3.71. The number of aromatic amines is 1. The molecular formula is C20H20FN5O3. The van der Waals surface area contributed by atoms with Gasteiger partial charge in [-0.25, -0.2) is 9.37 Å². The number of halogens is 1. The van der Waals surface area contributed by atoms with Crippen LogP contribution in [-0.2, 0) is 6.54 Å². The number of hydrogen-bond acceptors (Lipinski definition) is 6. The van der Waals surface area contributed by atoms with Crippen LogP contribution >= 0.6 is 0 Å². The average Bonchev–Trinajstić information content (AvgIpc) is 2.94. The molecule has 0 radical (unpaired) electrons. The van der Waals surface area contributed by atoms with Gasteiger partial charge in [0.2, 0.25) is 0 Å². The van der Waals surface area contributed by atoms with Crippen LogP contribution in [0.4, 0.5) is 15.8 Å². The minimum atomic E-state index is -0.456. The molecule has 0 amide bonds. The van der Waals surface area contributed by atoms with Crippen molar-refractivity contribution in [3.63, 3.8) is 0 Å². The van der Waals surface area contributed by atoms with E-state index in [1.54, 1.807) is 18.2 Å². The smallest absolute Gasteiger partial charge is 0.293 e.